The van der Waals surface area contributed by atoms with E-state index in [0.717, 1.165) is 77.0 Å². The molecule has 0 heterocycles. The van der Waals surface area contributed by atoms with E-state index in [-0.39, 0.29) is 26.1 Å². The minimum atomic E-state index is -4.39. The molecule has 0 aromatic carbocycles. The second-order valence-electron chi connectivity index (χ2n) is 14.8. The largest absolute Gasteiger partial charge is 0.472 e. The number of nitrogens with zero attached hydrogens (tertiary/aromatic N) is 1. The summed E-state index contributed by atoms with van der Waals surface area (Å²) in [6.45, 7) is 4.16. The van der Waals surface area contributed by atoms with Crippen LogP contribution in [0.2, 0.25) is 0 Å². The fourth-order valence-electron chi connectivity index (χ4n) is 5.02. The van der Waals surface area contributed by atoms with Crippen LogP contribution in [0.1, 0.15) is 136 Å². The Labute approximate surface area is 335 Å². The van der Waals surface area contributed by atoms with Crippen LogP contribution in [-0.2, 0) is 32.7 Å². The number of carbonyl (C=O) groups excluding carboxylic acids is 2. The molecular weight excluding hydrogens is 713 g/mol. The summed E-state index contributed by atoms with van der Waals surface area (Å²) in [5, 5.41) is 0. The molecule has 0 radical (unpaired) electrons. The number of allylic oxidation sites excluding steroid dienone is 14. The number of likely N-dealkylation sites (N-methyl/N-ethyl adjacent to an activating group) is 1. The second-order valence-corrected chi connectivity index (χ2v) is 16.2. The second kappa shape index (κ2) is 36.8. The zero-order chi connectivity index (χ0) is 40.7. The minimum Gasteiger partial charge on any atom is -0.462 e. The number of ether oxygens (including phenoxy) is 2. The van der Waals surface area contributed by atoms with E-state index in [1.54, 1.807) is 0 Å². The van der Waals surface area contributed by atoms with Gasteiger partial charge in [-0.25, -0.2) is 4.57 Å². The minimum absolute atomic E-state index is 0.0180. The number of phosphoric acid groups is 1. The fraction of sp³-hybridized carbons (Fsp3) is 0.644. The van der Waals surface area contributed by atoms with Gasteiger partial charge in [-0.15, -0.1) is 0 Å². The standard InChI is InChI=1S/C45H76NO8P/c1-6-8-10-12-14-16-18-20-21-22-23-24-26-27-29-31-33-35-37-44(47)51-41-43(42-53-55(49,50)52-40-39-46(3,4)5)54-45(48)38-36-34-32-30-28-25-19-17-15-13-11-9-7-2/h9,11,13-24,43H,6-8,10,12,25-42H2,1-5H3/p+1/b11-9+,15-13+,16-14+,19-17+,20-18+,22-21+,24-23+. The Kier molecular flexibility index (Phi) is 34.9. The lowest BCUT2D eigenvalue weighted by molar-refractivity contribution is -0.870. The summed E-state index contributed by atoms with van der Waals surface area (Å²) in [6.07, 6.45) is 46.3. The van der Waals surface area contributed by atoms with E-state index in [4.69, 9.17) is 18.5 Å². The fourth-order valence-corrected chi connectivity index (χ4v) is 5.77. The van der Waals surface area contributed by atoms with Crippen molar-refractivity contribution in [2.45, 2.75) is 142 Å². The number of phosphoric ester groups is 1. The van der Waals surface area contributed by atoms with Crippen molar-refractivity contribution in [2.75, 3.05) is 47.5 Å². The first-order valence-corrected chi connectivity index (χ1v) is 22.4. The summed E-state index contributed by atoms with van der Waals surface area (Å²) in [5.41, 5.74) is 0. The van der Waals surface area contributed by atoms with Crippen molar-refractivity contribution < 1.29 is 42.1 Å². The summed E-state index contributed by atoms with van der Waals surface area (Å²) in [4.78, 5) is 35.3. The molecule has 1 N–H and O–H groups in total. The highest BCUT2D eigenvalue weighted by atomic mass is 31.2. The van der Waals surface area contributed by atoms with Gasteiger partial charge in [0.2, 0.25) is 0 Å². The molecule has 0 amide bonds. The Balaban J connectivity index is 4.48. The zero-order valence-corrected chi connectivity index (χ0v) is 36.0. The van der Waals surface area contributed by atoms with E-state index in [9.17, 15) is 19.0 Å². The lowest BCUT2D eigenvalue weighted by Gasteiger charge is -2.24. The first-order valence-electron chi connectivity index (χ1n) is 20.9. The van der Waals surface area contributed by atoms with Gasteiger partial charge in [0.25, 0.3) is 0 Å². The summed E-state index contributed by atoms with van der Waals surface area (Å²) in [6, 6.07) is 0. The smallest absolute Gasteiger partial charge is 0.462 e. The number of hydrogen-bond acceptors (Lipinski definition) is 7. The first-order chi connectivity index (χ1) is 26.5. The topological polar surface area (TPSA) is 108 Å². The zero-order valence-electron chi connectivity index (χ0n) is 35.1. The summed E-state index contributed by atoms with van der Waals surface area (Å²) >= 11 is 0. The van der Waals surface area contributed by atoms with Crippen molar-refractivity contribution in [3.05, 3.63) is 85.1 Å². The van der Waals surface area contributed by atoms with Crippen molar-refractivity contribution in [3.63, 3.8) is 0 Å². The molecule has 0 spiro atoms. The van der Waals surface area contributed by atoms with Gasteiger partial charge >= 0.3 is 19.8 Å². The maximum Gasteiger partial charge on any atom is 0.472 e. The van der Waals surface area contributed by atoms with Crippen LogP contribution in [-0.4, -0.2) is 74.9 Å². The molecule has 0 aliphatic rings. The molecule has 9 nitrogen and oxygen atoms in total. The van der Waals surface area contributed by atoms with Crippen LogP contribution < -0.4 is 0 Å². The first kappa shape index (κ1) is 52.2. The molecular formula is C45H77NO8P+. The van der Waals surface area contributed by atoms with Crippen molar-refractivity contribution >= 4 is 19.8 Å². The Bertz CT molecular complexity index is 1210. The number of esters is 2. The Morgan fingerprint density at radius 2 is 1.04 bits per heavy atom. The summed E-state index contributed by atoms with van der Waals surface area (Å²) < 4.78 is 34.2. The van der Waals surface area contributed by atoms with E-state index in [1.807, 2.05) is 57.6 Å². The SMILES string of the molecule is CC/C=C/C=C/C=C/CCCCCCCC(=O)OC(COC(=O)CCCCCCC/C=C/C=C/C=C/C=C/CCCCC)COP(=O)(O)OCC[N+](C)(C)C. The number of quaternary nitrogens is 1. The van der Waals surface area contributed by atoms with Gasteiger partial charge in [0.15, 0.2) is 6.10 Å². The average Bonchev–Trinajstić information content (AvgIpc) is 3.13. The maximum absolute atomic E-state index is 12.6. The van der Waals surface area contributed by atoms with Gasteiger partial charge in [-0.2, -0.15) is 0 Å². The van der Waals surface area contributed by atoms with Crippen molar-refractivity contribution in [1.82, 2.24) is 0 Å². The molecule has 0 aromatic rings. The highest BCUT2D eigenvalue weighted by Crippen LogP contribution is 2.43. The molecule has 0 aliphatic heterocycles. The quantitative estimate of drug-likeness (QED) is 0.0220. The number of rotatable bonds is 36. The Morgan fingerprint density at radius 1 is 0.582 bits per heavy atom. The molecule has 0 fully saturated rings. The number of unbranched alkanes of at least 4 members (excludes halogenated alkanes) is 13. The van der Waals surface area contributed by atoms with Gasteiger partial charge in [0, 0.05) is 12.8 Å². The normalized spacial score (nSPS) is 14.5. The van der Waals surface area contributed by atoms with E-state index in [2.05, 4.69) is 62.5 Å². The third-order valence-corrected chi connectivity index (χ3v) is 9.30. The van der Waals surface area contributed by atoms with Crippen LogP contribution in [0, 0.1) is 0 Å². The third kappa shape index (κ3) is 40.7. The molecule has 0 saturated carbocycles. The highest BCUT2D eigenvalue weighted by molar-refractivity contribution is 7.47. The van der Waals surface area contributed by atoms with E-state index >= 15 is 0 Å². The van der Waals surface area contributed by atoms with E-state index < -0.39 is 32.5 Å². The van der Waals surface area contributed by atoms with Crippen LogP contribution in [0.3, 0.4) is 0 Å². The number of hydrogen-bond donors (Lipinski definition) is 1. The lowest BCUT2D eigenvalue weighted by atomic mass is 10.1. The summed E-state index contributed by atoms with van der Waals surface area (Å²) in [7, 11) is 1.43. The highest BCUT2D eigenvalue weighted by Gasteiger charge is 2.27. The predicted molar refractivity (Wildman–Crippen MR) is 229 cm³/mol. The number of carbonyl (C=O) groups is 2. The molecule has 314 valence electrons. The monoisotopic (exact) mass is 791 g/mol. The Hall–Kier alpha value is -2.81. The molecule has 0 rings (SSSR count). The predicted octanol–water partition coefficient (Wildman–Crippen LogP) is 11.6. The van der Waals surface area contributed by atoms with Crippen molar-refractivity contribution in [2.24, 2.45) is 0 Å². The van der Waals surface area contributed by atoms with Crippen LogP contribution in [0.5, 0.6) is 0 Å². The molecule has 0 aromatic heterocycles. The van der Waals surface area contributed by atoms with Gasteiger partial charge in [-0.3, -0.25) is 18.6 Å². The van der Waals surface area contributed by atoms with Gasteiger partial charge < -0.3 is 18.9 Å². The molecule has 2 unspecified atom stereocenters. The summed E-state index contributed by atoms with van der Waals surface area (Å²) in [5.74, 6) is -0.860. The van der Waals surface area contributed by atoms with Crippen molar-refractivity contribution in [1.29, 1.82) is 0 Å². The average molecular weight is 791 g/mol. The molecule has 0 aliphatic carbocycles. The van der Waals surface area contributed by atoms with Gasteiger partial charge in [-0.05, 0) is 57.8 Å². The molecule has 10 heteroatoms. The Morgan fingerprint density at radius 3 is 1.55 bits per heavy atom. The van der Waals surface area contributed by atoms with Crippen LogP contribution in [0.25, 0.3) is 0 Å². The molecule has 55 heavy (non-hydrogen) atoms. The van der Waals surface area contributed by atoms with Gasteiger partial charge in [-0.1, -0.05) is 150 Å². The van der Waals surface area contributed by atoms with E-state index in [1.165, 1.54) is 19.3 Å². The van der Waals surface area contributed by atoms with Crippen LogP contribution in [0.15, 0.2) is 85.1 Å². The van der Waals surface area contributed by atoms with Gasteiger partial charge in [0.05, 0.1) is 27.7 Å². The maximum atomic E-state index is 12.6. The van der Waals surface area contributed by atoms with E-state index in [0.29, 0.717) is 23.9 Å². The van der Waals surface area contributed by atoms with Crippen LogP contribution in [0.4, 0.5) is 0 Å². The third-order valence-electron chi connectivity index (χ3n) is 8.32. The molecule has 0 bridgehead atoms. The molecule has 0 saturated heterocycles. The van der Waals surface area contributed by atoms with Crippen LogP contribution >= 0.6 is 7.82 Å². The molecule has 2 atom stereocenters. The van der Waals surface area contributed by atoms with Gasteiger partial charge in [0.1, 0.15) is 19.8 Å². The lowest BCUT2D eigenvalue weighted by Crippen LogP contribution is -2.37. The van der Waals surface area contributed by atoms with Crippen molar-refractivity contribution in [3.8, 4) is 0 Å².